The summed E-state index contributed by atoms with van der Waals surface area (Å²) in [5.41, 5.74) is 2.05. The molecule has 1 aromatic carbocycles. The number of rotatable bonds is 5. The van der Waals surface area contributed by atoms with Crippen LogP contribution in [0.2, 0.25) is 25.7 Å². The number of Topliss-reactive ketones (excluding diaryl/α,β-unsaturated/α-hetero) is 1. The van der Waals surface area contributed by atoms with Gasteiger partial charge < -0.3 is 4.74 Å². The fraction of sp³-hybridized carbons (Fsp3) is 0.467. The van der Waals surface area contributed by atoms with E-state index in [9.17, 15) is 9.59 Å². The van der Waals surface area contributed by atoms with Gasteiger partial charge in [0.1, 0.15) is 6.73 Å². The SMILES string of the molecule is Cc1cc(I)cc2c1C(=O)C(=O)N2COCC[Si](C)(C)C. The van der Waals surface area contributed by atoms with Gasteiger partial charge in [0.2, 0.25) is 0 Å². The highest BCUT2D eigenvalue weighted by Gasteiger charge is 2.37. The minimum Gasteiger partial charge on any atom is -0.361 e. The standard InChI is InChI=1S/C15H20INO3Si/c1-10-7-11(16)8-12-13(10)14(18)15(19)17(12)9-20-5-6-21(2,3)4/h7-8H,5-6,9H2,1-4H3. The third-order valence-electron chi connectivity index (χ3n) is 3.45. The number of ketones is 1. The molecule has 0 N–H and O–H groups in total. The molecule has 0 atom stereocenters. The number of carbonyl (C=O) groups excluding carboxylic acids is 2. The maximum absolute atomic E-state index is 12.1. The zero-order chi connectivity index (χ0) is 15.8. The number of aryl methyl sites for hydroxylation is 1. The molecule has 0 unspecified atom stereocenters. The van der Waals surface area contributed by atoms with E-state index in [1.165, 1.54) is 4.90 Å². The van der Waals surface area contributed by atoms with Crippen LogP contribution in [0.3, 0.4) is 0 Å². The van der Waals surface area contributed by atoms with E-state index in [0.717, 1.165) is 15.2 Å². The van der Waals surface area contributed by atoms with Crippen LogP contribution in [-0.2, 0) is 9.53 Å². The Morgan fingerprint density at radius 3 is 2.52 bits per heavy atom. The summed E-state index contributed by atoms with van der Waals surface area (Å²) in [6, 6.07) is 4.83. The van der Waals surface area contributed by atoms with E-state index in [1.807, 2.05) is 19.1 Å². The number of ether oxygens (including phenoxy) is 1. The predicted octanol–water partition coefficient (Wildman–Crippen LogP) is 3.44. The Balaban J connectivity index is 2.12. The number of anilines is 1. The fourth-order valence-corrected chi connectivity index (χ4v) is 3.75. The smallest absolute Gasteiger partial charge is 0.301 e. The number of hydrogen-bond acceptors (Lipinski definition) is 3. The number of hydrogen-bond donors (Lipinski definition) is 0. The van der Waals surface area contributed by atoms with Gasteiger partial charge in [0.15, 0.2) is 0 Å². The van der Waals surface area contributed by atoms with Crippen molar-refractivity contribution < 1.29 is 14.3 Å². The number of fused-ring (bicyclic) bond motifs is 1. The van der Waals surface area contributed by atoms with Crippen LogP contribution in [0.4, 0.5) is 5.69 Å². The summed E-state index contributed by atoms with van der Waals surface area (Å²) < 4.78 is 6.65. The summed E-state index contributed by atoms with van der Waals surface area (Å²) in [6.07, 6.45) is 0. The van der Waals surface area contributed by atoms with Crippen LogP contribution in [0.15, 0.2) is 12.1 Å². The summed E-state index contributed by atoms with van der Waals surface area (Å²) >= 11 is 2.19. The second-order valence-electron chi connectivity index (χ2n) is 6.53. The monoisotopic (exact) mass is 417 g/mol. The van der Waals surface area contributed by atoms with E-state index in [2.05, 4.69) is 42.2 Å². The van der Waals surface area contributed by atoms with Gasteiger partial charge in [-0.1, -0.05) is 19.6 Å². The normalized spacial score (nSPS) is 14.8. The fourth-order valence-electron chi connectivity index (χ4n) is 2.24. The van der Waals surface area contributed by atoms with Gasteiger partial charge in [0.05, 0.1) is 11.3 Å². The minimum atomic E-state index is -1.15. The molecule has 6 heteroatoms. The van der Waals surface area contributed by atoms with E-state index in [1.54, 1.807) is 0 Å². The maximum Gasteiger partial charge on any atom is 0.301 e. The molecule has 1 heterocycles. The van der Waals surface area contributed by atoms with Gasteiger partial charge in [0, 0.05) is 18.3 Å². The lowest BCUT2D eigenvalue weighted by molar-refractivity contribution is -0.115. The zero-order valence-corrected chi connectivity index (χ0v) is 16.0. The molecule has 1 aliphatic rings. The van der Waals surface area contributed by atoms with Gasteiger partial charge >= 0.3 is 5.91 Å². The van der Waals surface area contributed by atoms with Crippen LogP contribution in [0.1, 0.15) is 15.9 Å². The summed E-state index contributed by atoms with van der Waals surface area (Å²) in [6.45, 7) is 9.49. The van der Waals surface area contributed by atoms with Crippen molar-refractivity contribution in [2.75, 3.05) is 18.2 Å². The lowest BCUT2D eigenvalue weighted by atomic mass is 10.1. The van der Waals surface area contributed by atoms with E-state index >= 15 is 0 Å². The Bertz CT molecular complexity index is 595. The number of carbonyl (C=O) groups is 2. The van der Waals surface area contributed by atoms with E-state index in [0.29, 0.717) is 17.9 Å². The molecule has 0 saturated carbocycles. The number of nitrogens with zero attached hydrogens (tertiary/aromatic N) is 1. The summed E-state index contributed by atoms with van der Waals surface area (Å²) in [5, 5.41) is 0. The molecular weight excluding hydrogens is 397 g/mol. The van der Waals surface area contributed by atoms with Gasteiger partial charge in [-0.15, -0.1) is 0 Å². The number of halogens is 1. The van der Waals surface area contributed by atoms with Gasteiger partial charge in [0.25, 0.3) is 5.78 Å². The number of amides is 1. The molecule has 1 aromatic rings. The van der Waals surface area contributed by atoms with Crippen molar-refractivity contribution in [2.45, 2.75) is 32.6 Å². The third kappa shape index (κ3) is 3.73. The highest BCUT2D eigenvalue weighted by atomic mass is 127. The molecule has 0 radical (unpaired) electrons. The summed E-state index contributed by atoms with van der Waals surface area (Å²) in [7, 11) is -1.15. The molecule has 0 aromatic heterocycles. The minimum absolute atomic E-state index is 0.154. The molecule has 0 bridgehead atoms. The van der Waals surface area contributed by atoms with Crippen molar-refractivity contribution in [1.29, 1.82) is 0 Å². The first kappa shape index (κ1) is 16.6. The Kier molecular flexibility index (Phi) is 4.89. The highest BCUT2D eigenvalue weighted by molar-refractivity contribution is 14.1. The topological polar surface area (TPSA) is 46.6 Å². The van der Waals surface area contributed by atoms with Gasteiger partial charge in [-0.2, -0.15) is 0 Å². The molecule has 0 fully saturated rings. The van der Waals surface area contributed by atoms with E-state index < -0.39 is 19.8 Å². The zero-order valence-electron chi connectivity index (χ0n) is 12.8. The largest absolute Gasteiger partial charge is 0.361 e. The van der Waals surface area contributed by atoms with Crippen LogP contribution in [-0.4, -0.2) is 33.1 Å². The van der Waals surface area contributed by atoms with E-state index in [4.69, 9.17) is 4.74 Å². The van der Waals surface area contributed by atoms with Crippen molar-refractivity contribution in [3.8, 4) is 0 Å². The van der Waals surface area contributed by atoms with Gasteiger partial charge in [-0.25, -0.2) is 0 Å². The van der Waals surface area contributed by atoms with Crippen molar-refractivity contribution in [1.82, 2.24) is 0 Å². The van der Waals surface area contributed by atoms with Gasteiger partial charge in [-0.05, 0) is 53.3 Å². The quantitative estimate of drug-likeness (QED) is 0.319. The summed E-state index contributed by atoms with van der Waals surface area (Å²) in [4.78, 5) is 25.7. The molecule has 1 aliphatic heterocycles. The van der Waals surface area contributed by atoms with Crippen LogP contribution < -0.4 is 4.90 Å². The maximum atomic E-state index is 12.1. The van der Waals surface area contributed by atoms with Crippen LogP contribution >= 0.6 is 22.6 Å². The average Bonchev–Trinajstić information content (AvgIpc) is 2.57. The first-order valence-corrected chi connectivity index (χ1v) is 11.7. The van der Waals surface area contributed by atoms with Gasteiger partial charge in [-0.3, -0.25) is 14.5 Å². The molecule has 4 nitrogen and oxygen atoms in total. The molecule has 0 aliphatic carbocycles. The van der Waals surface area contributed by atoms with Crippen LogP contribution in [0, 0.1) is 10.5 Å². The Hall–Kier alpha value is -0.733. The van der Waals surface area contributed by atoms with Crippen molar-refractivity contribution in [3.63, 3.8) is 0 Å². The van der Waals surface area contributed by atoms with Crippen molar-refractivity contribution in [3.05, 3.63) is 26.8 Å². The molecule has 1 amide bonds. The number of benzene rings is 1. The lowest BCUT2D eigenvalue weighted by Crippen LogP contribution is -2.33. The molecular formula is C15H20INO3Si. The second-order valence-corrected chi connectivity index (χ2v) is 13.4. The highest BCUT2D eigenvalue weighted by Crippen LogP contribution is 2.33. The van der Waals surface area contributed by atoms with Crippen LogP contribution in [0.5, 0.6) is 0 Å². The Morgan fingerprint density at radius 1 is 1.24 bits per heavy atom. The first-order valence-electron chi connectivity index (χ1n) is 6.95. The molecule has 0 saturated heterocycles. The van der Waals surface area contributed by atoms with Crippen LogP contribution in [0.25, 0.3) is 0 Å². The molecule has 0 spiro atoms. The first-order chi connectivity index (χ1) is 9.70. The second kappa shape index (κ2) is 6.17. The van der Waals surface area contributed by atoms with E-state index in [-0.39, 0.29) is 6.73 Å². The lowest BCUT2D eigenvalue weighted by Gasteiger charge is -2.19. The van der Waals surface area contributed by atoms with Crippen molar-refractivity contribution >= 4 is 48.0 Å². The average molecular weight is 417 g/mol. The predicted molar refractivity (Wildman–Crippen MR) is 94.7 cm³/mol. The molecule has 21 heavy (non-hydrogen) atoms. The van der Waals surface area contributed by atoms with Crippen molar-refractivity contribution in [2.24, 2.45) is 0 Å². The Labute approximate surface area is 140 Å². The molecule has 2 rings (SSSR count). The third-order valence-corrected chi connectivity index (χ3v) is 5.78. The Morgan fingerprint density at radius 2 is 1.90 bits per heavy atom. The summed E-state index contributed by atoms with van der Waals surface area (Å²) in [5.74, 6) is -0.907. The molecule has 114 valence electrons.